The summed E-state index contributed by atoms with van der Waals surface area (Å²) >= 11 is 0. The van der Waals surface area contributed by atoms with E-state index in [1.165, 1.54) is 44.5 Å². The molecule has 172 valence electrons. The van der Waals surface area contributed by atoms with Gasteiger partial charge in [-0.05, 0) is 41.5 Å². The third-order valence-corrected chi connectivity index (χ3v) is 5.96. The molecule has 6 rings (SSSR count). The molecule has 0 aromatic heterocycles. The van der Waals surface area contributed by atoms with Gasteiger partial charge in [0.05, 0.1) is 0 Å². The van der Waals surface area contributed by atoms with E-state index in [4.69, 9.17) is 0 Å². The maximum atomic E-state index is 3.69. The first-order valence-electron chi connectivity index (χ1n) is 11.3. The third kappa shape index (κ3) is 7.59. The molecular formula is C32H26Cl2Zr. The van der Waals surface area contributed by atoms with E-state index in [1.807, 2.05) is 30.3 Å². The smallest absolute Gasteiger partial charge is 1.00 e. The Balaban J connectivity index is 0.000000485. The molecule has 1 aliphatic rings. The van der Waals surface area contributed by atoms with E-state index in [9.17, 15) is 0 Å². The SMILES string of the molecule is [Cl-].[Cl-].[Zr+4].[c-]1c(Cc2ccccc2)ccc2c1Cc1cc(Cc3ccccc3)ccc1-2.c1cc[cH-]c1. The van der Waals surface area contributed by atoms with Gasteiger partial charge in [-0.1, -0.05) is 84.4 Å². The average Bonchev–Trinajstić information content (AvgIpc) is 3.52. The fourth-order valence-electron chi connectivity index (χ4n) is 4.41. The molecule has 5 aromatic carbocycles. The summed E-state index contributed by atoms with van der Waals surface area (Å²) in [6.45, 7) is 0. The average molecular weight is 573 g/mol. The van der Waals surface area contributed by atoms with Crippen LogP contribution in [0.5, 0.6) is 0 Å². The Morgan fingerprint density at radius 2 is 1.20 bits per heavy atom. The Morgan fingerprint density at radius 1 is 0.600 bits per heavy atom. The van der Waals surface area contributed by atoms with E-state index in [-0.39, 0.29) is 51.0 Å². The quantitative estimate of drug-likeness (QED) is 0.282. The topological polar surface area (TPSA) is 0 Å². The Bertz CT molecular complexity index is 1170. The van der Waals surface area contributed by atoms with Gasteiger partial charge in [-0.2, -0.15) is 42.0 Å². The van der Waals surface area contributed by atoms with Crippen LogP contribution in [-0.4, -0.2) is 0 Å². The van der Waals surface area contributed by atoms with Crippen molar-refractivity contribution in [1.82, 2.24) is 0 Å². The van der Waals surface area contributed by atoms with Gasteiger partial charge in [-0.3, -0.25) is 0 Å². The molecule has 0 saturated carbocycles. The first-order valence-corrected chi connectivity index (χ1v) is 11.3. The van der Waals surface area contributed by atoms with Gasteiger partial charge in [0.15, 0.2) is 0 Å². The minimum atomic E-state index is 0. The molecule has 1 aliphatic carbocycles. The second kappa shape index (κ2) is 14.3. The first-order chi connectivity index (χ1) is 15.8. The normalized spacial score (nSPS) is 10.3. The minimum absolute atomic E-state index is 0. The van der Waals surface area contributed by atoms with Crippen LogP contribution in [0.1, 0.15) is 33.4 Å². The predicted octanol–water partition coefficient (Wildman–Crippen LogP) is 1.65. The van der Waals surface area contributed by atoms with Crippen molar-refractivity contribution in [1.29, 1.82) is 0 Å². The molecule has 0 N–H and O–H groups in total. The molecule has 0 spiro atoms. The van der Waals surface area contributed by atoms with Crippen molar-refractivity contribution >= 4 is 0 Å². The molecule has 0 amide bonds. The zero-order valence-corrected chi connectivity index (χ0v) is 23.4. The van der Waals surface area contributed by atoms with Crippen LogP contribution < -0.4 is 24.8 Å². The Labute approximate surface area is 240 Å². The van der Waals surface area contributed by atoms with Gasteiger partial charge in [0.2, 0.25) is 0 Å². The summed E-state index contributed by atoms with van der Waals surface area (Å²) in [5, 5.41) is 0. The van der Waals surface area contributed by atoms with Crippen LogP contribution in [0.25, 0.3) is 11.1 Å². The van der Waals surface area contributed by atoms with Crippen LogP contribution in [-0.2, 0) is 45.5 Å². The van der Waals surface area contributed by atoms with E-state index in [0.29, 0.717) is 0 Å². The number of hydrogen-bond donors (Lipinski definition) is 0. The van der Waals surface area contributed by atoms with Crippen LogP contribution in [0.3, 0.4) is 0 Å². The van der Waals surface area contributed by atoms with Crippen LogP contribution in [0.2, 0.25) is 0 Å². The second-order valence-electron chi connectivity index (χ2n) is 8.33. The number of halogens is 2. The molecule has 0 unspecified atom stereocenters. The monoisotopic (exact) mass is 570 g/mol. The minimum Gasteiger partial charge on any atom is -1.00 e. The van der Waals surface area contributed by atoms with Crippen molar-refractivity contribution in [2.24, 2.45) is 0 Å². The van der Waals surface area contributed by atoms with Crippen LogP contribution >= 0.6 is 0 Å². The largest absolute Gasteiger partial charge is 4.00 e. The Hall–Kier alpha value is -2.31. The first kappa shape index (κ1) is 28.9. The Morgan fingerprint density at radius 3 is 1.80 bits per heavy atom. The Kier molecular flexibility index (Phi) is 11.8. The molecule has 3 heteroatoms. The fraction of sp³-hybridized carbons (Fsp3) is 0.0938. The molecular weight excluding hydrogens is 546 g/mol. The van der Waals surface area contributed by atoms with Crippen LogP contribution in [0, 0.1) is 6.07 Å². The third-order valence-electron chi connectivity index (χ3n) is 5.96. The molecule has 0 bridgehead atoms. The molecule has 0 aliphatic heterocycles. The molecule has 35 heavy (non-hydrogen) atoms. The van der Waals surface area contributed by atoms with Gasteiger partial charge < -0.3 is 24.8 Å². The summed E-state index contributed by atoms with van der Waals surface area (Å²) in [6, 6.07) is 46.5. The standard InChI is InChI=1S/C27H21.C5H5.2ClH.Zr/c1-3-7-20(8-4-1)15-22-11-13-26-24(17-22)19-25-18-23(12-14-27(25)26)16-21-9-5-2-6-10-21;1-2-4-5-3-1;;;/h1-14,17H,15-16,19H2;1-5H;2*1H;/q2*-1;;;+4/p-2. The molecule has 0 fully saturated rings. The molecule has 0 nitrogen and oxygen atoms in total. The number of fused-ring (bicyclic) bond motifs is 3. The molecule has 0 saturated heterocycles. The van der Waals surface area contributed by atoms with E-state index in [0.717, 1.165) is 19.3 Å². The maximum Gasteiger partial charge on any atom is 4.00 e. The van der Waals surface area contributed by atoms with Crippen molar-refractivity contribution in [3.63, 3.8) is 0 Å². The van der Waals surface area contributed by atoms with Gasteiger partial charge in [0.25, 0.3) is 0 Å². The molecule has 5 aromatic rings. The van der Waals surface area contributed by atoms with Crippen molar-refractivity contribution in [2.75, 3.05) is 0 Å². The summed E-state index contributed by atoms with van der Waals surface area (Å²) in [6.07, 6.45) is 2.94. The number of benzene rings is 4. The van der Waals surface area contributed by atoms with Crippen molar-refractivity contribution in [2.45, 2.75) is 19.3 Å². The summed E-state index contributed by atoms with van der Waals surface area (Å²) < 4.78 is 0. The summed E-state index contributed by atoms with van der Waals surface area (Å²) in [5.41, 5.74) is 10.9. The van der Waals surface area contributed by atoms with E-state index in [1.54, 1.807) is 0 Å². The molecule has 0 radical (unpaired) electrons. The van der Waals surface area contributed by atoms with Gasteiger partial charge in [-0.25, -0.2) is 12.1 Å². The summed E-state index contributed by atoms with van der Waals surface area (Å²) in [7, 11) is 0. The maximum absolute atomic E-state index is 3.69. The summed E-state index contributed by atoms with van der Waals surface area (Å²) in [4.78, 5) is 0. The molecule has 0 atom stereocenters. The number of rotatable bonds is 4. The predicted molar refractivity (Wildman–Crippen MR) is 134 cm³/mol. The van der Waals surface area contributed by atoms with E-state index < -0.39 is 0 Å². The van der Waals surface area contributed by atoms with Crippen molar-refractivity contribution in [3.05, 3.63) is 161 Å². The van der Waals surface area contributed by atoms with Crippen molar-refractivity contribution < 1.29 is 51.0 Å². The zero-order valence-electron chi connectivity index (χ0n) is 19.4. The zero-order chi connectivity index (χ0) is 21.6. The summed E-state index contributed by atoms with van der Waals surface area (Å²) in [5.74, 6) is 0. The van der Waals surface area contributed by atoms with E-state index in [2.05, 4.69) is 97.1 Å². The van der Waals surface area contributed by atoms with Crippen LogP contribution in [0.4, 0.5) is 0 Å². The van der Waals surface area contributed by atoms with Crippen LogP contribution in [0.15, 0.2) is 121 Å². The van der Waals surface area contributed by atoms with Gasteiger partial charge >= 0.3 is 26.2 Å². The fourth-order valence-corrected chi connectivity index (χ4v) is 4.41. The number of hydrogen-bond acceptors (Lipinski definition) is 0. The van der Waals surface area contributed by atoms with Gasteiger partial charge in [-0.15, -0.1) is 11.1 Å². The second-order valence-corrected chi connectivity index (χ2v) is 8.33. The van der Waals surface area contributed by atoms with Gasteiger partial charge in [0.1, 0.15) is 0 Å². The van der Waals surface area contributed by atoms with E-state index >= 15 is 0 Å². The molecule has 0 heterocycles. The van der Waals surface area contributed by atoms with Gasteiger partial charge in [0, 0.05) is 0 Å². The van der Waals surface area contributed by atoms with Crippen molar-refractivity contribution in [3.8, 4) is 11.1 Å².